The van der Waals surface area contributed by atoms with Gasteiger partial charge < -0.3 is 5.32 Å². The van der Waals surface area contributed by atoms with Crippen LogP contribution in [0.5, 0.6) is 0 Å². The van der Waals surface area contributed by atoms with Crippen LogP contribution in [-0.4, -0.2) is 19.3 Å². The van der Waals surface area contributed by atoms with E-state index in [-0.39, 0.29) is 6.67 Å². The van der Waals surface area contributed by atoms with Crippen molar-refractivity contribution >= 4 is 0 Å². The maximum Gasteiger partial charge on any atom is 0.102 e. The van der Waals surface area contributed by atoms with E-state index in [4.69, 9.17) is 0 Å². The summed E-state index contributed by atoms with van der Waals surface area (Å²) in [4.78, 5) is 0. The molecule has 0 bridgehead atoms. The molecule has 12 heavy (non-hydrogen) atoms. The Morgan fingerprint density at radius 3 is 2.58 bits per heavy atom. The second-order valence-electron chi connectivity index (χ2n) is 3.83. The zero-order valence-electron chi connectivity index (χ0n) is 7.98. The van der Waals surface area contributed by atoms with E-state index in [9.17, 15) is 4.39 Å². The van der Waals surface area contributed by atoms with Crippen molar-refractivity contribution < 1.29 is 4.39 Å². The second-order valence-corrected chi connectivity index (χ2v) is 3.83. The van der Waals surface area contributed by atoms with Crippen molar-refractivity contribution in [1.82, 2.24) is 5.32 Å². The van der Waals surface area contributed by atoms with Crippen LogP contribution in [0.25, 0.3) is 0 Å². The molecule has 0 unspecified atom stereocenters. The molecule has 0 amide bonds. The SMILES string of the molecule is C[C@H](NCCF)C1CCCCC1. The lowest BCUT2D eigenvalue weighted by molar-refractivity contribution is 0.276. The van der Waals surface area contributed by atoms with Crippen LogP contribution < -0.4 is 5.32 Å². The highest BCUT2D eigenvalue weighted by atomic mass is 19.1. The molecule has 1 atom stereocenters. The van der Waals surface area contributed by atoms with Crippen LogP contribution in [0.4, 0.5) is 4.39 Å². The molecule has 0 aliphatic heterocycles. The first kappa shape index (κ1) is 9.97. The topological polar surface area (TPSA) is 12.0 Å². The van der Waals surface area contributed by atoms with Gasteiger partial charge in [-0.05, 0) is 25.7 Å². The standard InChI is InChI=1S/C10H20FN/c1-9(12-8-7-11)10-5-3-2-4-6-10/h9-10,12H,2-8H2,1H3/t9-/m0/s1. The monoisotopic (exact) mass is 173 g/mol. The number of halogens is 1. The molecule has 1 aliphatic carbocycles. The third kappa shape index (κ3) is 3.10. The van der Waals surface area contributed by atoms with Crippen LogP contribution in [0, 0.1) is 5.92 Å². The fraction of sp³-hybridized carbons (Fsp3) is 1.00. The van der Waals surface area contributed by atoms with Crippen LogP contribution in [-0.2, 0) is 0 Å². The zero-order valence-corrected chi connectivity index (χ0v) is 7.98. The summed E-state index contributed by atoms with van der Waals surface area (Å²) in [6.07, 6.45) is 6.80. The Labute approximate surface area is 74.7 Å². The number of nitrogens with one attached hydrogen (secondary N) is 1. The summed E-state index contributed by atoms with van der Waals surface area (Å²) in [5.41, 5.74) is 0. The summed E-state index contributed by atoms with van der Waals surface area (Å²) in [5.74, 6) is 0.797. The van der Waals surface area contributed by atoms with Crippen molar-refractivity contribution in [2.45, 2.75) is 45.1 Å². The first-order valence-corrected chi connectivity index (χ1v) is 5.14. The Kier molecular flexibility index (Phi) is 4.59. The molecular weight excluding hydrogens is 153 g/mol. The Bertz CT molecular complexity index is 110. The van der Waals surface area contributed by atoms with Crippen molar-refractivity contribution in [3.8, 4) is 0 Å². The number of alkyl halides is 1. The minimum Gasteiger partial charge on any atom is -0.311 e. The lowest BCUT2D eigenvalue weighted by atomic mass is 9.84. The summed E-state index contributed by atoms with van der Waals surface area (Å²) < 4.78 is 11.9. The molecule has 0 aromatic heterocycles. The molecule has 1 nitrogen and oxygen atoms in total. The second kappa shape index (κ2) is 5.52. The van der Waals surface area contributed by atoms with Gasteiger partial charge in [-0.2, -0.15) is 0 Å². The van der Waals surface area contributed by atoms with Gasteiger partial charge in [0.1, 0.15) is 6.67 Å². The van der Waals surface area contributed by atoms with E-state index in [1.807, 2.05) is 0 Å². The molecule has 1 aliphatic rings. The first-order chi connectivity index (χ1) is 5.84. The average Bonchev–Trinajstić information content (AvgIpc) is 2.15. The fourth-order valence-corrected chi connectivity index (χ4v) is 2.08. The number of hydrogen-bond donors (Lipinski definition) is 1. The Hall–Kier alpha value is -0.110. The summed E-state index contributed by atoms with van der Waals surface area (Å²) in [6.45, 7) is 2.47. The smallest absolute Gasteiger partial charge is 0.102 e. The van der Waals surface area contributed by atoms with E-state index in [0.717, 1.165) is 5.92 Å². The van der Waals surface area contributed by atoms with Crippen molar-refractivity contribution in [2.24, 2.45) is 5.92 Å². The molecular formula is C10H20FN. The molecule has 1 saturated carbocycles. The predicted molar refractivity (Wildman–Crippen MR) is 50.0 cm³/mol. The van der Waals surface area contributed by atoms with Gasteiger partial charge in [-0.1, -0.05) is 19.3 Å². The third-order valence-corrected chi connectivity index (χ3v) is 2.92. The molecule has 72 valence electrons. The van der Waals surface area contributed by atoms with Gasteiger partial charge >= 0.3 is 0 Å². The van der Waals surface area contributed by atoms with Gasteiger partial charge in [0.05, 0.1) is 0 Å². The predicted octanol–water partition coefficient (Wildman–Crippen LogP) is 2.51. The summed E-state index contributed by atoms with van der Waals surface area (Å²) >= 11 is 0. The van der Waals surface area contributed by atoms with E-state index in [2.05, 4.69) is 12.2 Å². The van der Waals surface area contributed by atoms with E-state index >= 15 is 0 Å². The Morgan fingerprint density at radius 2 is 2.00 bits per heavy atom. The molecule has 0 saturated heterocycles. The van der Waals surface area contributed by atoms with E-state index in [0.29, 0.717) is 12.6 Å². The fourth-order valence-electron chi connectivity index (χ4n) is 2.08. The number of rotatable bonds is 4. The van der Waals surface area contributed by atoms with Crippen LogP contribution in [0.1, 0.15) is 39.0 Å². The van der Waals surface area contributed by atoms with Gasteiger partial charge in [-0.15, -0.1) is 0 Å². The minimum absolute atomic E-state index is 0.239. The minimum atomic E-state index is -0.239. The van der Waals surface area contributed by atoms with Gasteiger partial charge in [0.25, 0.3) is 0 Å². The van der Waals surface area contributed by atoms with Crippen molar-refractivity contribution in [3.05, 3.63) is 0 Å². The Balaban J connectivity index is 2.15. The van der Waals surface area contributed by atoms with Gasteiger partial charge in [0.2, 0.25) is 0 Å². The third-order valence-electron chi connectivity index (χ3n) is 2.92. The molecule has 1 rings (SSSR count). The lowest BCUT2D eigenvalue weighted by Gasteiger charge is -2.28. The molecule has 0 aromatic carbocycles. The largest absolute Gasteiger partial charge is 0.311 e. The quantitative estimate of drug-likeness (QED) is 0.688. The van der Waals surface area contributed by atoms with Crippen molar-refractivity contribution in [1.29, 1.82) is 0 Å². The van der Waals surface area contributed by atoms with Crippen LogP contribution >= 0.6 is 0 Å². The highest BCUT2D eigenvalue weighted by molar-refractivity contribution is 4.75. The van der Waals surface area contributed by atoms with Gasteiger partial charge in [-0.25, -0.2) is 4.39 Å². The summed E-state index contributed by atoms with van der Waals surface area (Å²) in [5, 5.41) is 3.23. The van der Waals surface area contributed by atoms with Gasteiger partial charge in [0.15, 0.2) is 0 Å². The van der Waals surface area contributed by atoms with Crippen LogP contribution in [0.2, 0.25) is 0 Å². The molecule has 0 aromatic rings. The summed E-state index contributed by atoms with van der Waals surface area (Å²) in [6, 6.07) is 0.515. The molecule has 0 radical (unpaired) electrons. The first-order valence-electron chi connectivity index (χ1n) is 5.14. The van der Waals surface area contributed by atoms with Gasteiger partial charge in [0, 0.05) is 12.6 Å². The van der Waals surface area contributed by atoms with Gasteiger partial charge in [-0.3, -0.25) is 0 Å². The highest BCUT2D eigenvalue weighted by Crippen LogP contribution is 2.26. The average molecular weight is 173 g/mol. The molecule has 1 fully saturated rings. The summed E-state index contributed by atoms with van der Waals surface area (Å²) in [7, 11) is 0. The maximum absolute atomic E-state index is 11.9. The van der Waals surface area contributed by atoms with Crippen molar-refractivity contribution in [2.75, 3.05) is 13.2 Å². The Morgan fingerprint density at radius 1 is 1.33 bits per heavy atom. The molecule has 1 N–H and O–H groups in total. The van der Waals surface area contributed by atoms with E-state index in [1.165, 1.54) is 32.1 Å². The zero-order chi connectivity index (χ0) is 8.81. The van der Waals surface area contributed by atoms with Crippen molar-refractivity contribution in [3.63, 3.8) is 0 Å². The molecule has 0 spiro atoms. The maximum atomic E-state index is 11.9. The molecule has 0 heterocycles. The van der Waals surface area contributed by atoms with E-state index < -0.39 is 0 Å². The lowest BCUT2D eigenvalue weighted by Crippen LogP contribution is -2.35. The molecule has 2 heteroatoms. The highest BCUT2D eigenvalue weighted by Gasteiger charge is 2.18. The van der Waals surface area contributed by atoms with Crippen LogP contribution in [0.15, 0.2) is 0 Å². The van der Waals surface area contributed by atoms with Crippen LogP contribution in [0.3, 0.4) is 0 Å². The van der Waals surface area contributed by atoms with E-state index in [1.54, 1.807) is 0 Å². The number of hydrogen-bond acceptors (Lipinski definition) is 1. The normalized spacial score (nSPS) is 22.5.